The minimum atomic E-state index is 0.459. The van der Waals surface area contributed by atoms with E-state index in [-0.39, 0.29) is 0 Å². The van der Waals surface area contributed by atoms with Crippen LogP contribution >= 0.6 is 35.0 Å². The van der Waals surface area contributed by atoms with Gasteiger partial charge in [0.2, 0.25) is 0 Å². The van der Waals surface area contributed by atoms with Gasteiger partial charge in [0.05, 0.1) is 15.7 Å². The van der Waals surface area contributed by atoms with E-state index in [0.29, 0.717) is 15.9 Å². The van der Waals surface area contributed by atoms with Crippen LogP contribution in [0.1, 0.15) is 5.69 Å². The highest BCUT2D eigenvalue weighted by molar-refractivity contribution is 7.98. The van der Waals surface area contributed by atoms with Gasteiger partial charge >= 0.3 is 0 Å². The van der Waals surface area contributed by atoms with Crippen LogP contribution in [0.4, 0.5) is 0 Å². The fourth-order valence-corrected chi connectivity index (χ4v) is 2.36. The topological polar surface area (TPSA) is 25.8 Å². The molecule has 0 unspecified atom stereocenters. The number of aromatic nitrogens is 2. The SMILES string of the molecule is Clc1ccc(Cl)c(CSc2ccccn2)n1. The van der Waals surface area contributed by atoms with Crippen molar-refractivity contribution in [1.29, 1.82) is 0 Å². The van der Waals surface area contributed by atoms with E-state index in [1.807, 2.05) is 18.2 Å². The molecule has 0 radical (unpaired) electrons. The highest BCUT2D eigenvalue weighted by atomic mass is 35.5. The van der Waals surface area contributed by atoms with E-state index >= 15 is 0 Å². The van der Waals surface area contributed by atoms with Crippen molar-refractivity contribution in [2.45, 2.75) is 10.8 Å². The fraction of sp³-hybridized carbons (Fsp3) is 0.0909. The predicted octanol–water partition coefficient (Wildman–Crippen LogP) is 4.08. The normalized spacial score (nSPS) is 10.4. The predicted molar refractivity (Wildman–Crippen MR) is 68.1 cm³/mol. The lowest BCUT2D eigenvalue weighted by molar-refractivity contribution is 1.12. The molecule has 0 saturated carbocycles. The smallest absolute Gasteiger partial charge is 0.129 e. The quantitative estimate of drug-likeness (QED) is 0.621. The molecule has 0 aliphatic carbocycles. The standard InChI is InChI=1S/C11H8Cl2N2S/c12-8-4-5-10(13)15-9(8)7-16-11-3-1-2-6-14-11/h1-6H,7H2. The number of rotatable bonds is 3. The Hall–Kier alpha value is -0.770. The summed E-state index contributed by atoms with van der Waals surface area (Å²) in [6.07, 6.45) is 1.76. The molecule has 0 atom stereocenters. The second-order valence-corrected chi connectivity index (χ2v) is 4.81. The Morgan fingerprint density at radius 1 is 1.12 bits per heavy atom. The Bertz CT molecular complexity index is 477. The van der Waals surface area contributed by atoms with Crippen molar-refractivity contribution in [3.8, 4) is 0 Å². The molecule has 0 bridgehead atoms. The molecule has 2 heterocycles. The zero-order valence-electron chi connectivity index (χ0n) is 8.23. The minimum Gasteiger partial charge on any atom is -0.250 e. The van der Waals surface area contributed by atoms with Gasteiger partial charge in [-0.3, -0.25) is 0 Å². The molecule has 16 heavy (non-hydrogen) atoms. The lowest BCUT2D eigenvalue weighted by Gasteiger charge is -2.03. The first-order chi connectivity index (χ1) is 7.75. The number of hydrogen-bond donors (Lipinski definition) is 0. The molecule has 5 heteroatoms. The molecule has 0 aliphatic heterocycles. The summed E-state index contributed by atoms with van der Waals surface area (Å²) < 4.78 is 0. The van der Waals surface area contributed by atoms with E-state index in [0.717, 1.165) is 10.7 Å². The van der Waals surface area contributed by atoms with Crippen molar-refractivity contribution in [1.82, 2.24) is 9.97 Å². The minimum absolute atomic E-state index is 0.459. The highest BCUT2D eigenvalue weighted by Crippen LogP contribution is 2.25. The molecule has 0 amide bonds. The third-order valence-corrected chi connectivity index (χ3v) is 3.39. The molecule has 82 valence electrons. The van der Waals surface area contributed by atoms with E-state index in [1.54, 1.807) is 30.1 Å². The largest absolute Gasteiger partial charge is 0.250 e. The van der Waals surface area contributed by atoms with E-state index in [2.05, 4.69) is 9.97 Å². The first kappa shape index (κ1) is 11.7. The van der Waals surface area contributed by atoms with Crippen molar-refractivity contribution in [2.24, 2.45) is 0 Å². The van der Waals surface area contributed by atoms with Crippen LogP contribution in [0.3, 0.4) is 0 Å². The van der Waals surface area contributed by atoms with Gasteiger partial charge in [0.1, 0.15) is 5.15 Å². The van der Waals surface area contributed by atoms with Gasteiger partial charge in [-0.1, -0.05) is 41.0 Å². The Morgan fingerprint density at radius 3 is 2.75 bits per heavy atom. The van der Waals surface area contributed by atoms with Gasteiger partial charge < -0.3 is 0 Å². The molecule has 0 aromatic carbocycles. The highest BCUT2D eigenvalue weighted by Gasteiger charge is 2.04. The van der Waals surface area contributed by atoms with Crippen molar-refractivity contribution in [3.05, 3.63) is 52.4 Å². The number of halogens is 2. The Labute approximate surface area is 108 Å². The van der Waals surface area contributed by atoms with Gasteiger partial charge in [0.25, 0.3) is 0 Å². The molecule has 0 aliphatic rings. The second kappa shape index (κ2) is 5.53. The van der Waals surface area contributed by atoms with Crippen LogP contribution in [0.15, 0.2) is 41.6 Å². The average molecular weight is 271 g/mol. The molecule has 2 aromatic rings. The summed E-state index contributed by atoms with van der Waals surface area (Å²) in [4.78, 5) is 8.38. The second-order valence-electron chi connectivity index (χ2n) is 3.02. The molecular formula is C11H8Cl2N2S. The summed E-state index contributed by atoms with van der Waals surface area (Å²) in [6, 6.07) is 9.21. The lowest BCUT2D eigenvalue weighted by atomic mass is 10.4. The van der Waals surface area contributed by atoms with Gasteiger partial charge in [-0.25, -0.2) is 9.97 Å². The molecule has 0 fully saturated rings. The molecule has 0 spiro atoms. The molecular weight excluding hydrogens is 263 g/mol. The van der Waals surface area contributed by atoms with E-state index in [4.69, 9.17) is 23.2 Å². The number of pyridine rings is 2. The van der Waals surface area contributed by atoms with Gasteiger partial charge in [-0.05, 0) is 24.3 Å². The van der Waals surface area contributed by atoms with Gasteiger partial charge in [0, 0.05) is 11.9 Å². The number of hydrogen-bond acceptors (Lipinski definition) is 3. The van der Waals surface area contributed by atoms with Crippen LogP contribution < -0.4 is 0 Å². The van der Waals surface area contributed by atoms with Crippen LogP contribution in [0.2, 0.25) is 10.2 Å². The molecule has 0 saturated heterocycles. The molecule has 2 nitrogen and oxygen atoms in total. The van der Waals surface area contributed by atoms with Gasteiger partial charge in [-0.2, -0.15) is 0 Å². The van der Waals surface area contributed by atoms with Crippen molar-refractivity contribution < 1.29 is 0 Å². The molecule has 2 rings (SSSR count). The maximum atomic E-state index is 6.01. The Kier molecular flexibility index (Phi) is 4.04. The summed E-state index contributed by atoms with van der Waals surface area (Å²) in [7, 11) is 0. The van der Waals surface area contributed by atoms with Gasteiger partial charge in [-0.15, -0.1) is 0 Å². The summed E-state index contributed by atoms with van der Waals surface area (Å²) in [6.45, 7) is 0. The average Bonchev–Trinajstić information content (AvgIpc) is 2.32. The van der Waals surface area contributed by atoms with Crippen molar-refractivity contribution in [2.75, 3.05) is 0 Å². The fourth-order valence-electron chi connectivity index (χ4n) is 1.13. The molecule has 0 N–H and O–H groups in total. The maximum Gasteiger partial charge on any atom is 0.129 e. The van der Waals surface area contributed by atoms with Crippen LogP contribution in [0, 0.1) is 0 Å². The lowest BCUT2D eigenvalue weighted by Crippen LogP contribution is -1.89. The summed E-state index contributed by atoms with van der Waals surface area (Å²) in [5.74, 6) is 0.663. The van der Waals surface area contributed by atoms with E-state index in [1.165, 1.54) is 0 Å². The van der Waals surface area contributed by atoms with E-state index in [9.17, 15) is 0 Å². The number of thioether (sulfide) groups is 1. The van der Waals surface area contributed by atoms with Crippen LogP contribution in [0.5, 0.6) is 0 Å². The first-order valence-electron chi connectivity index (χ1n) is 4.60. The zero-order valence-corrected chi connectivity index (χ0v) is 10.6. The Morgan fingerprint density at radius 2 is 2.00 bits per heavy atom. The zero-order chi connectivity index (χ0) is 11.4. The third kappa shape index (κ3) is 3.11. The van der Waals surface area contributed by atoms with Gasteiger partial charge in [0.15, 0.2) is 0 Å². The van der Waals surface area contributed by atoms with Crippen molar-refractivity contribution in [3.63, 3.8) is 0 Å². The summed E-state index contributed by atoms with van der Waals surface area (Å²) in [5, 5.41) is 2.04. The van der Waals surface area contributed by atoms with Crippen LogP contribution in [-0.2, 0) is 5.75 Å². The number of nitrogens with zero attached hydrogens (tertiary/aromatic N) is 2. The Balaban J connectivity index is 2.08. The third-order valence-electron chi connectivity index (χ3n) is 1.88. The van der Waals surface area contributed by atoms with Crippen molar-refractivity contribution >= 4 is 35.0 Å². The first-order valence-corrected chi connectivity index (χ1v) is 6.34. The maximum absolute atomic E-state index is 6.01. The monoisotopic (exact) mass is 270 g/mol. The van der Waals surface area contributed by atoms with Crippen LogP contribution in [-0.4, -0.2) is 9.97 Å². The molecule has 2 aromatic heterocycles. The summed E-state index contributed by atoms with van der Waals surface area (Å²) in [5.41, 5.74) is 0.782. The van der Waals surface area contributed by atoms with E-state index < -0.39 is 0 Å². The summed E-state index contributed by atoms with van der Waals surface area (Å²) >= 11 is 13.4. The van der Waals surface area contributed by atoms with Crippen LogP contribution in [0.25, 0.3) is 0 Å².